The van der Waals surface area contributed by atoms with Crippen LogP contribution >= 0.6 is 15.9 Å². The van der Waals surface area contributed by atoms with E-state index < -0.39 is 6.04 Å². The molecule has 0 saturated heterocycles. The van der Waals surface area contributed by atoms with Crippen molar-refractivity contribution in [1.29, 1.82) is 0 Å². The first-order valence-corrected chi connectivity index (χ1v) is 8.48. The molecule has 128 valence electrons. The van der Waals surface area contributed by atoms with Crippen molar-refractivity contribution in [1.82, 2.24) is 30.4 Å². The van der Waals surface area contributed by atoms with E-state index >= 15 is 0 Å². The molecule has 0 aliphatic carbocycles. The molecule has 2 N–H and O–H groups in total. The van der Waals surface area contributed by atoms with Gasteiger partial charge in [0.15, 0.2) is 5.76 Å². The number of H-pyrrole nitrogens is 1. The van der Waals surface area contributed by atoms with Crippen LogP contribution in [0.4, 0.5) is 11.6 Å². The number of aromatic nitrogens is 6. The number of hydrogen-bond donors (Lipinski definition) is 2. The summed E-state index contributed by atoms with van der Waals surface area (Å²) in [6.07, 6.45) is 1.56. The monoisotopic (exact) mass is 411 g/mol. The van der Waals surface area contributed by atoms with Crippen LogP contribution in [0.1, 0.15) is 17.2 Å². The first-order chi connectivity index (χ1) is 12.7. The third kappa shape index (κ3) is 2.19. The van der Waals surface area contributed by atoms with E-state index in [1.54, 1.807) is 23.1 Å². The predicted molar refractivity (Wildman–Crippen MR) is 95.0 cm³/mol. The molecule has 3 aromatic heterocycles. The van der Waals surface area contributed by atoms with Gasteiger partial charge in [0.1, 0.15) is 17.4 Å². The molecular formula is C16H10BrN7O2. The third-order valence-electron chi connectivity index (χ3n) is 4.19. The molecule has 4 aromatic rings. The Morgan fingerprint density at radius 2 is 2.15 bits per heavy atom. The van der Waals surface area contributed by atoms with Gasteiger partial charge >= 0.3 is 0 Å². The second-order valence-electron chi connectivity index (χ2n) is 5.70. The molecule has 9 nitrogen and oxygen atoms in total. The number of tetrazole rings is 1. The molecule has 1 aliphatic rings. The summed E-state index contributed by atoms with van der Waals surface area (Å²) >= 11 is 3.49. The quantitative estimate of drug-likeness (QED) is 0.458. The van der Waals surface area contributed by atoms with Crippen LogP contribution in [0.25, 0.3) is 11.5 Å². The minimum Gasteiger partial charge on any atom is -0.463 e. The number of aromatic amines is 1. The number of benzene rings is 1. The van der Waals surface area contributed by atoms with Gasteiger partial charge in [0.2, 0.25) is 5.95 Å². The Kier molecular flexibility index (Phi) is 3.25. The summed E-state index contributed by atoms with van der Waals surface area (Å²) in [5.74, 6) is 0.917. The molecule has 1 aromatic carbocycles. The highest BCUT2D eigenvalue weighted by atomic mass is 79.9. The minimum absolute atomic E-state index is 0.346. The summed E-state index contributed by atoms with van der Waals surface area (Å²) in [5.41, 5.74) is 2.05. The normalized spacial score (nSPS) is 15.2. The molecule has 0 saturated carbocycles. The summed E-state index contributed by atoms with van der Waals surface area (Å²) < 4.78 is 8.05. The highest BCUT2D eigenvalue weighted by Crippen LogP contribution is 2.41. The number of fused-ring (bicyclic) bond motifs is 2. The molecular weight excluding hydrogens is 402 g/mol. The summed E-state index contributed by atoms with van der Waals surface area (Å²) in [4.78, 5) is 12.5. The lowest BCUT2D eigenvalue weighted by Gasteiger charge is -2.27. The fourth-order valence-corrected chi connectivity index (χ4v) is 3.54. The van der Waals surface area contributed by atoms with Crippen molar-refractivity contribution in [3.63, 3.8) is 0 Å². The van der Waals surface area contributed by atoms with E-state index in [1.807, 2.05) is 24.3 Å². The third-order valence-corrected chi connectivity index (χ3v) is 4.68. The molecule has 5 rings (SSSR count). The molecule has 26 heavy (non-hydrogen) atoms. The van der Waals surface area contributed by atoms with E-state index in [9.17, 15) is 4.79 Å². The van der Waals surface area contributed by atoms with Gasteiger partial charge in [-0.1, -0.05) is 33.2 Å². The van der Waals surface area contributed by atoms with Gasteiger partial charge in [-0.25, -0.2) is 5.10 Å². The lowest BCUT2D eigenvalue weighted by Crippen LogP contribution is -2.29. The topological polar surface area (TPSA) is 115 Å². The number of nitrogens with one attached hydrogen (secondary N) is 2. The molecule has 1 atom stereocenters. The van der Waals surface area contributed by atoms with Crippen LogP contribution in [0, 0.1) is 0 Å². The number of furan rings is 1. The number of nitrogens with zero attached hydrogens (tertiary/aromatic N) is 5. The van der Waals surface area contributed by atoms with Gasteiger partial charge in [-0.15, -0.1) is 0 Å². The molecule has 0 bridgehead atoms. The molecule has 0 fully saturated rings. The number of rotatable bonds is 2. The smallest absolute Gasteiger partial charge is 0.288 e. The zero-order valence-electron chi connectivity index (χ0n) is 13.0. The maximum absolute atomic E-state index is 12.5. The summed E-state index contributed by atoms with van der Waals surface area (Å²) in [5, 5.41) is 21.5. The Bertz CT molecular complexity index is 1170. The number of halogens is 1. The van der Waals surface area contributed by atoms with Gasteiger partial charge in [0, 0.05) is 10.0 Å². The van der Waals surface area contributed by atoms with Gasteiger partial charge < -0.3 is 9.73 Å². The van der Waals surface area contributed by atoms with Crippen molar-refractivity contribution in [3.05, 3.63) is 68.6 Å². The molecule has 10 heteroatoms. The zero-order chi connectivity index (χ0) is 17.7. The fourth-order valence-electron chi connectivity index (χ4n) is 3.12. The van der Waals surface area contributed by atoms with Crippen molar-refractivity contribution >= 4 is 27.6 Å². The molecule has 0 radical (unpaired) electrons. The average molecular weight is 412 g/mol. The summed E-state index contributed by atoms with van der Waals surface area (Å²) in [6.45, 7) is 0. The van der Waals surface area contributed by atoms with E-state index in [1.165, 1.54) is 0 Å². The largest absolute Gasteiger partial charge is 0.463 e. The van der Waals surface area contributed by atoms with Crippen LogP contribution in [0.2, 0.25) is 0 Å². The van der Waals surface area contributed by atoms with E-state index in [2.05, 4.69) is 47.0 Å². The van der Waals surface area contributed by atoms with Crippen LogP contribution in [-0.2, 0) is 0 Å². The Hall–Kier alpha value is -3.27. The molecule has 1 aliphatic heterocycles. The highest BCUT2D eigenvalue weighted by Gasteiger charge is 2.34. The van der Waals surface area contributed by atoms with Crippen LogP contribution in [-0.4, -0.2) is 30.4 Å². The Morgan fingerprint density at radius 1 is 1.23 bits per heavy atom. The van der Waals surface area contributed by atoms with E-state index in [0.717, 1.165) is 10.0 Å². The van der Waals surface area contributed by atoms with Crippen molar-refractivity contribution in [2.24, 2.45) is 0 Å². The van der Waals surface area contributed by atoms with Gasteiger partial charge in [-0.3, -0.25) is 4.79 Å². The molecule has 4 heterocycles. The lowest BCUT2D eigenvalue weighted by atomic mass is 9.94. The molecule has 0 unspecified atom stereocenters. The van der Waals surface area contributed by atoms with Crippen molar-refractivity contribution in [3.8, 4) is 11.5 Å². The zero-order valence-corrected chi connectivity index (χ0v) is 14.6. The first kappa shape index (κ1) is 15.0. The standard InChI is InChI=1S/C16H10BrN7O2/c17-9-4-1-3-8(7-9)14-11-12(10-5-2-6-26-10)19-20-15(25)13(11)18-16-21-22-23-24(14)16/h1-7,14H,(H,20,25)(H,18,21,23)/t14-/m0/s1. The maximum atomic E-state index is 12.5. The fraction of sp³-hybridized carbons (Fsp3) is 0.0625. The minimum atomic E-state index is -0.441. The van der Waals surface area contributed by atoms with Gasteiger partial charge in [-0.05, 0) is 40.3 Å². The van der Waals surface area contributed by atoms with Crippen molar-refractivity contribution < 1.29 is 4.42 Å². The second kappa shape index (κ2) is 5.63. The van der Waals surface area contributed by atoms with Crippen molar-refractivity contribution in [2.75, 3.05) is 5.32 Å². The maximum Gasteiger partial charge on any atom is 0.288 e. The predicted octanol–water partition coefficient (Wildman–Crippen LogP) is 2.47. The number of anilines is 2. The van der Waals surface area contributed by atoms with Crippen molar-refractivity contribution in [2.45, 2.75) is 6.04 Å². The SMILES string of the molecule is O=c1[nH]nc(-c2ccco2)c2c1Nc1nnnn1[C@H]2c1cccc(Br)c1. The van der Waals surface area contributed by atoms with Crippen LogP contribution in [0.5, 0.6) is 0 Å². The summed E-state index contributed by atoms with van der Waals surface area (Å²) in [6, 6.07) is 10.9. The van der Waals surface area contributed by atoms with Crippen LogP contribution < -0.4 is 10.9 Å². The number of hydrogen-bond acceptors (Lipinski definition) is 7. The van der Waals surface area contributed by atoms with E-state index in [4.69, 9.17) is 4.42 Å². The van der Waals surface area contributed by atoms with Crippen LogP contribution in [0.15, 0.2) is 56.3 Å². The summed E-state index contributed by atoms with van der Waals surface area (Å²) in [7, 11) is 0. The highest BCUT2D eigenvalue weighted by molar-refractivity contribution is 9.10. The average Bonchev–Trinajstić information content (AvgIpc) is 3.32. The Balaban J connectivity index is 1.85. The van der Waals surface area contributed by atoms with E-state index in [0.29, 0.717) is 28.7 Å². The Morgan fingerprint density at radius 3 is 2.96 bits per heavy atom. The molecule has 0 spiro atoms. The van der Waals surface area contributed by atoms with E-state index in [-0.39, 0.29) is 5.56 Å². The van der Waals surface area contributed by atoms with Gasteiger partial charge in [0.05, 0.1) is 6.26 Å². The lowest BCUT2D eigenvalue weighted by molar-refractivity contribution is 0.554. The van der Waals surface area contributed by atoms with Gasteiger partial charge in [0.25, 0.3) is 5.56 Å². The molecule has 0 amide bonds. The second-order valence-corrected chi connectivity index (χ2v) is 6.61. The Labute approximate surface area is 154 Å². The van der Waals surface area contributed by atoms with Crippen LogP contribution in [0.3, 0.4) is 0 Å². The van der Waals surface area contributed by atoms with Gasteiger partial charge in [-0.2, -0.15) is 9.78 Å². The first-order valence-electron chi connectivity index (χ1n) is 7.69.